The number of nitrogens with one attached hydrogen (secondary N) is 1. The Morgan fingerprint density at radius 2 is 1.90 bits per heavy atom. The van der Waals surface area contributed by atoms with Crippen molar-refractivity contribution in [1.82, 2.24) is 0 Å². The van der Waals surface area contributed by atoms with Gasteiger partial charge in [0.2, 0.25) is 0 Å². The molecule has 2 heteroatoms. The van der Waals surface area contributed by atoms with E-state index in [-0.39, 0.29) is 0 Å². The molecule has 0 aliphatic carbocycles. The molecule has 2 rings (SSSR count). The molecule has 0 saturated carbocycles. The SMILES string of the molecule is CC[C@H](C)c1ccccc1OCCCC[NH+]1CCCC1. The fourth-order valence-corrected chi connectivity index (χ4v) is 3.02. The Hall–Kier alpha value is -1.02. The number of quaternary nitrogens is 1. The highest BCUT2D eigenvalue weighted by Gasteiger charge is 2.14. The van der Waals surface area contributed by atoms with Crippen LogP contribution in [-0.4, -0.2) is 26.2 Å². The van der Waals surface area contributed by atoms with E-state index in [1.165, 1.54) is 57.3 Å². The second-order valence-electron chi connectivity index (χ2n) is 6.11. The second kappa shape index (κ2) is 8.31. The summed E-state index contributed by atoms with van der Waals surface area (Å²) < 4.78 is 6.02. The Morgan fingerprint density at radius 1 is 1.15 bits per heavy atom. The topological polar surface area (TPSA) is 13.7 Å². The molecule has 1 heterocycles. The van der Waals surface area contributed by atoms with Gasteiger partial charge in [0.1, 0.15) is 5.75 Å². The lowest BCUT2D eigenvalue weighted by molar-refractivity contribution is -0.887. The molecule has 1 atom stereocenters. The van der Waals surface area contributed by atoms with E-state index < -0.39 is 0 Å². The average molecular weight is 276 g/mol. The normalized spacial score (nSPS) is 17.3. The van der Waals surface area contributed by atoms with Gasteiger partial charge in [-0.2, -0.15) is 0 Å². The summed E-state index contributed by atoms with van der Waals surface area (Å²) in [5.41, 5.74) is 1.36. The van der Waals surface area contributed by atoms with Gasteiger partial charge in [0, 0.05) is 12.8 Å². The predicted molar refractivity (Wildman–Crippen MR) is 84.7 cm³/mol. The van der Waals surface area contributed by atoms with Crippen molar-refractivity contribution in [3.8, 4) is 5.75 Å². The quantitative estimate of drug-likeness (QED) is 0.721. The molecule has 1 aliphatic rings. The van der Waals surface area contributed by atoms with Crippen molar-refractivity contribution < 1.29 is 9.64 Å². The van der Waals surface area contributed by atoms with Crippen LogP contribution < -0.4 is 9.64 Å². The average Bonchev–Trinajstić information content (AvgIpc) is 3.00. The Labute approximate surface area is 124 Å². The maximum atomic E-state index is 6.02. The van der Waals surface area contributed by atoms with Crippen LogP contribution in [0, 0.1) is 0 Å². The fourth-order valence-electron chi connectivity index (χ4n) is 3.02. The van der Waals surface area contributed by atoms with Crippen LogP contribution in [0.5, 0.6) is 5.75 Å². The van der Waals surface area contributed by atoms with Crippen LogP contribution in [0.15, 0.2) is 24.3 Å². The van der Waals surface area contributed by atoms with Crippen LogP contribution in [0.3, 0.4) is 0 Å². The zero-order valence-electron chi connectivity index (χ0n) is 13.2. The number of rotatable bonds is 8. The summed E-state index contributed by atoms with van der Waals surface area (Å²) in [7, 11) is 0. The lowest BCUT2D eigenvalue weighted by atomic mass is 9.98. The molecule has 112 valence electrons. The van der Waals surface area contributed by atoms with Crippen LogP contribution in [0.2, 0.25) is 0 Å². The second-order valence-corrected chi connectivity index (χ2v) is 6.11. The van der Waals surface area contributed by atoms with Crippen molar-refractivity contribution in [2.24, 2.45) is 0 Å². The first-order valence-electron chi connectivity index (χ1n) is 8.36. The third-order valence-electron chi connectivity index (χ3n) is 4.56. The molecule has 1 aliphatic heterocycles. The zero-order chi connectivity index (χ0) is 14.2. The molecule has 1 N–H and O–H groups in total. The van der Waals surface area contributed by atoms with Crippen LogP contribution >= 0.6 is 0 Å². The number of likely N-dealkylation sites (tertiary alicyclic amines) is 1. The minimum absolute atomic E-state index is 0.584. The molecule has 0 aromatic heterocycles. The number of hydrogen-bond donors (Lipinski definition) is 1. The highest BCUT2D eigenvalue weighted by molar-refractivity contribution is 5.35. The first-order valence-corrected chi connectivity index (χ1v) is 8.36. The largest absolute Gasteiger partial charge is 0.493 e. The molecule has 1 aromatic rings. The predicted octanol–water partition coefficient (Wildman–Crippen LogP) is 3.04. The summed E-state index contributed by atoms with van der Waals surface area (Å²) >= 11 is 0. The van der Waals surface area contributed by atoms with Gasteiger partial charge in [-0.05, 0) is 36.8 Å². The Kier molecular flexibility index (Phi) is 6.38. The summed E-state index contributed by atoms with van der Waals surface area (Å²) in [6, 6.07) is 8.52. The Morgan fingerprint density at radius 3 is 2.65 bits per heavy atom. The number of para-hydroxylation sites is 1. The molecule has 20 heavy (non-hydrogen) atoms. The van der Waals surface area contributed by atoms with Gasteiger partial charge in [-0.25, -0.2) is 0 Å². The number of benzene rings is 1. The maximum Gasteiger partial charge on any atom is 0.122 e. The van der Waals surface area contributed by atoms with E-state index >= 15 is 0 Å². The van der Waals surface area contributed by atoms with Gasteiger partial charge in [0.25, 0.3) is 0 Å². The highest BCUT2D eigenvalue weighted by Crippen LogP contribution is 2.28. The lowest BCUT2D eigenvalue weighted by Gasteiger charge is -2.16. The molecule has 0 amide bonds. The summed E-state index contributed by atoms with van der Waals surface area (Å²) in [5.74, 6) is 1.68. The van der Waals surface area contributed by atoms with E-state index in [4.69, 9.17) is 4.74 Å². The minimum atomic E-state index is 0.584. The van der Waals surface area contributed by atoms with Crippen molar-refractivity contribution in [2.45, 2.75) is 51.9 Å². The van der Waals surface area contributed by atoms with Crippen LogP contribution in [0.1, 0.15) is 57.4 Å². The molecule has 0 spiro atoms. The van der Waals surface area contributed by atoms with Crippen molar-refractivity contribution >= 4 is 0 Å². The van der Waals surface area contributed by atoms with Crippen LogP contribution in [0.4, 0.5) is 0 Å². The first-order chi connectivity index (χ1) is 9.81. The van der Waals surface area contributed by atoms with E-state index in [1.54, 1.807) is 4.90 Å². The van der Waals surface area contributed by atoms with E-state index in [1.807, 2.05) is 0 Å². The summed E-state index contributed by atoms with van der Waals surface area (Å²) in [5, 5.41) is 0. The highest BCUT2D eigenvalue weighted by atomic mass is 16.5. The van der Waals surface area contributed by atoms with Gasteiger partial charge in [-0.3, -0.25) is 0 Å². The monoisotopic (exact) mass is 276 g/mol. The van der Waals surface area contributed by atoms with Gasteiger partial charge in [0.15, 0.2) is 0 Å². The zero-order valence-corrected chi connectivity index (χ0v) is 13.2. The van der Waals surface area contributed by atoms with Crippen LogP contribution in [0.25, 0.3) is 0 Å². The summed E-state index contributed by atoms with van der Waals surface area (Å²) in [4.78, 5) is 1.80. The van der Waals surface area contributed by atoms with Crippen LogP contribution in [-0.2, 0) is 0 Å². The molecule has 1 aromatic carbocycles. The van der Waals surface area contributed by atoms with Crippen molar-refractivity contribution in [2.75, 3.05) is 26.2 Å². The minimum Gasteiger partial charge on any atom is -0.493 e. The van der Waals surface area contributed by atoms with E-state index in [2.05, 4.69) is 38.1 Å². The van der Waals surface area contributed by atoms with E-state index in [9.17, 15) is 0 Å². The molecule has 0 bridgehead atoms. The fraction of sp³-hybridized carbons (Fsp3) is 0.667. The Balaban J connectivity index is 1.70. The van der Waals surface area contributed by atoms with Gasteiger partial charge in [-0.1, -0.05) is 32.0 Å². The van der Waals surface area contributed by atoms with Gasteiger partial charge in [0.05, 0.1) is 26.2 Å². The number of unbranched alkanes of at least 4 members (excludes halogenated alkanes) is 1. The third-order valence-corrected chi connectivity index (χ3v) is 4.56. The molecule has 1 saturated heterocycles. The molecule has 0 radical (unpaired) electrons. The van der Waals surface area contributed by atoms with Gasteiger partial charge < -0.3 is 9.64 Å². The maximum absolute atomic E-state index is 6.02. The first kappa shape index (κ1) is 15.4. The number of hydrogen-bond acceptors (Lipinski definition) is 1. The third kappa shape index (κ3) is 4.52. The Bertz CT molecular complexity index is 385. The van der Waals surface area contributed by atoms with Crippen molar-refractivity contribution in [3.05, 3.63) is 29.8 Å². The smallest absolute Gasteiger partial charge is 0.122 e. The molecular weight excluding hydrogens is 246 g/mol. The molecule has 0 unspecified atom stereocenters. The van der Waals surface area contributed by atoms with Crippen molar-refractivity contribution in [3.63, 3.8) is 0 Å². The van der Waals surface area contributed by atoms with E-state index in [0.717, 1.165) is 12.4 Å². The summed E-state index contributed by atoms with van der Waals surface area (Å²) in [6.07, 6.45) is 6.49. The molecule has 2 nitrogen and oxygen atoms in total. The molecular formula is C18H30NO+. The van der Waals surface area contributed by atoms with Crippen molar-refractivity contribution in [1.29, 1.82) is 0 Å². The summed E-state index contributed by atoms with van der Waals surface area (Å²) in [6.45, 7) is 9.48. The van der Waals surface area contributed by atoms with Gasteiger partial charge in [-0.15, -0.1) is 0 Å². The lowest BCUT2D eigenvalue weighted by Crippen LogP contribution is -3.09. The van der Waals surface area contributed by atoms with Gasteiger partial charge >= 0.3 is 0 Å². The standard InChI is InChI=1S/C18H29NO/c1-3-16(2)17-10-4-5-11-18(17)20-15-9-8-14-19-12-6-7-13-19/h4-5,10-11,16H,3,6-9,12-15H2,1-2H3/p+1/t16-/m0/s1. The molecule has 1 fully saturated rings. The van der Waals surface area contributed by atoms with E-state index in [0.29, 0.717) is 5.92 Å². The number of ether oxygens (including phenoxy) is 1.